The fourth-order valence-electron chi connectivity index (χ4n) is 2.48. The van der Waals surface area contributed by atoms with Crippen LogP contribution in [0, 0.1) is 0 Å². The standard InChI is InChI=1S/C14H20N2OS/c1-15(2)10-12-4-3-9-16(12)14(17)11-5-7-13(18)8-6-11/h5-8,12,18H,3-4,9-10H2,1-2H3. The Bertz CT molecular complexity index is 416. The Morgan fingerprint density at radius 1 is 1.39 bits per heavy atom. The number of thiol groups is 1. The first-order valence-corrected chi connectivity index (χ1v) is 6.77. The van der Waals surface area contributed by atoms with Crippen LogP contribution in [0.5, 0.6) is 0 Å². The van der Waals surface area contributed by atoms with E-state index in [9.17, 15) is 4.79 Å². The van der Waals surface area contributed by atoms with E-state index in [-0.39, 0.29) is 5.91 Å². The molecular weight excluding hydrogens is 244 g/mol. The zero-order valence-electron chi connectivity index (χ0n) is 11.0. The zero-order chi connectivity index (χ0) is 13.1. The lowest BCUT2D eigenvalue weighted by Gasteiger charge is -2.27. The molecule has 1 aromatic carbocycles. The number of carbonyl (C=O) groups is 1. The smallest absolute Gasteiger partial charge is 0.254 e. The van der Waals surface area contributed by atoms with Gasteiger partial charge in [0.1, 0.15) is 0 Å². The van der Waals surface area contributed by atoms with Crippen LogP contribution in [0.1, 0.15) is 23.2 Å². The number of hydrogen-bond acceptors (Lipinski definition) is 3. The van der Waals surface area contributed by atoms with Gasteiger partial charge >= 0.3 is 0 Å². The van der Waals surface area contributed by atoms with Crippen LogP contribution < -0.4 is 0 Å². The van der Waals surface area contributed by atoms with Gasteiger partial charge in [-0.15, -0.1) is 12.6 Å². The summed E-state index contributed by atoms with van der Waals surface area (Å²) in [5, 5.41) is 0. The molecule has 0 saturated carbocycles. The van der Waals surface area contributed by atoms with Crippen LogP contribution in [-0.2, 0) is 0 Å². The van der Waals surface area contributed by atoms with E-state index in [1.165, 1.54) is 0 Å². The minimum Gasteiger partial charge on any atom is -0.334 e. The minimum absolute atomic E-state index is 0.146. The summed E-state index contributed by atoms with van der Waals surface area (Å²) in [6, 6.07) is 7.80. The fraction of sp³-hybridized carbons (Fsp3) is 0.500. The summed E-state index contributed by atoms with van der Waals surface area (Å²) in [6.07, 6.45) is 2.21. The Labute approximate surface area is 114 Å². The predicted molar refractivity (Wildman–Crippen MR) is 76.3 cm³/mol. The number of carbonyl (C=O) groups excluding carboxylic acids is 1. The monoisotopic (exact) mass is 264 g/mol. The Kier molecular flexibility index (Phi) is 4.30. The highest BCUT2D eigenvalue weighted by molar-refractivity contribution is 7.80. The second kappa shape index (κ2) is 5.76. The Morgan fingerprint density at radius 2 is 2.06 bits per heavy atom. The Hall–Kier alpha value is -1.00. The van der Waals surface area contributed by atoms with Crippen molar-refractivity contribution >= 4 is 18.5 Å². The van der Waals surface area contributed by atoms with Crippen LogP contribution in [0.25, 0.3) is 0 Å². The van der Waals surface area contributed by atoms with E-state index >= 15 is 0 Å². The second-order valence-electron chi connectivity index (χ2n) is 5.10. The molecule has 1 atom stereocenters. The number of amides is 1. The van der Waals surface area contributed by atoms with Crippen LogP contribution in [-0.4, -0.2) is 48.9 Å². The summed E-state index contributed by atoms with van der Waals surface area (Å²) in [5.41, 5.74) is 0.762. The molecule has 1 saturated heterocycles. The molecule has 0 aromatic heterocycles. The third kappa shape index (κ3) is 3.06. The third-order valence-corrected chi connectivity index (χ3v) is 3.63. The molecule has 1 fully saturated rings. The summed E-state index contributed by atoms with van der Waals surface area (Å²) in [7, 11) is 4.10. The molecular formula is C14H20N2OS. The summed E-state index contributed by atoms with van der Waals surface area (Å²) >= 11 is 4.24. The highest BCUT2D eigenvalue weighted by Crippen LogP contribution is 2.21. The minimum atomic E-state index is 0.146. The molecule has 98 valence electrons. The van der Waals surface area contributed by atoms with Crippen LogP contribution in [0.3, 0.4) is 0 Å². The molecule has 1 heterocycles. The molecule has 1 amide bonds. The summed E-state index contributed by atoms with van der Waals surface area (Å²) in [4.78, 5) is 17.5. The van der Waals surface area contributed by atoms with E-state index in [1.54, 1.807) is 0 Å². The van der Waals surface area contributed by atoms with Crippen LogP contribution in [0.2, 0.25) is 0 Å². The van der Waals surface area contributed by atoms with E-state index in [0.717, 1.165) is 36.4 Å². The van der Waals surface area contributed by atoms with Crippen molar-refractivity contribution in [3.05, 3.63) is 29.8 Å². The van der Waals surface area contributed by atoms with Crippen molar-refractivity contribution in [2.24, 2.45) is 0 Å². The molecule has 0 bridgehead atoms. The number of likely N-dealkylation sites (N-methyl/N-ethyl adjacent to an activating group) is 1. The highest BCUT2D eigenvalue weighted by atomic mass is 32.1. The van der Waals surface area contributed by atoms with Crippen molar-refractivity contribution in [3.63, 3.8) is 0 Å². The van der Waals surface area contributed by atoms with Gasteiger partial charge in [-0.1, -0.05) is 0 Å². The molecule has 0 radical (unpaired) electrons. The Balaban J connectivity index is 2.10. The molecule has 4 heteroatoms. The lowest BCUT2D eigenvalue weighted by Crippen LogP contribution is -2.41. The van der Waals surface area contributed by atoms with Gasteiger partial charge in [0, 0.05) is 29.6 Å². The van der Waals surface area contributed by atoms with E-state index in [0.29, 0.717) is 6.04 Å². The fourth-order valence-corrected chi connectivity index (χ4v) is 2.63. The summed E-state index contributed by atoms with van der Waals surface area (Å²) in [6.45, 7) is 1.82. The van der Waals surface area contributed by atoms with Crippen LogP contribution in [0.4, 0.5) is 0 Å². The van der Waals surface area contributed by atoms with Gasteiger partial charge in [0.15, 0.2) is 0 Å². The first-order chi connectivity index (χ1) is 8.58. The van der Waals surface area contributed by atoms with E-state index in [4.69, 9.17) is 0 Å². The van der Waals surface area contributed by atoms with Crippen molar-refractivity contribution in [3.8, 4) is 0 Å². The number of hydrogen-bond donors (Lipinski definition) is 1. The summed E-state index contributed by atoms with van der Waals surface area (Å²) < 4.78 is 0. The van der Waals surface area contributed by atoms with Gasteiger partial charge < -0.3 is 9.80 Å². The van der Waals surface area contributed by atoms with E-state index in [2.05, 4.69) is 31.6 Å². The molecule has 1 aliphatic heterocycles. The first kappa shape index (κ1) is 13.4. The molecule has 3 nitrogen and oxygen atoms in total. The number of nitrogens with zero attached hydrogens (tertiary/aromatic N) is 2. The van der Waals surface area contributed by atoms with E-state index in [1.807, 2.05) is 29.2 Å². The van der Waals surface area contributed by atoms with Gasteiger partial charge in [-0.25, -0.2) is 0 Å². The summed E-state index contributed by atoms with van der Waals surface area (Å²) in [5.74, 6) is 0.146. The quantitative estimate of drug-likeness (QED) is 0.846. The maximum absolute atomic E-state index is 12.4. The number of rotatable bonds is 3. The molecule has 1 aliphatic rings. The lowest BCUT2D eigenvalue weighted by molar-refractivity contribution is 0.0716. The van der Waals surface area contributed by atoms with Gasteiger partial charge in [-0.2, -0.15) is 0 Å². The molecule has 0 aliphatic carbocycles. The van der Waals surface area contributed by atoms with Crippen molar-refractivity contribution in [1.82, 2.24) is 9.80 Å². The highest BCUT2D eigenvalue weighted by Gasteiger charge is 2.29. The second-order valence-corrected chi connectivity index (χ2v) is 5.62. The van der Waals surface area contributed by atoms with Gasteiger partial charge in [-0.05, 0) is 51.2 Å². The molecule has 2 rings (SSSR count). The predicted octanol–water partition coefficient (Wildman–Crippen LogP) is 2.14. The maximum Gasteiger partial charge on any atom is 0.254 e. The average molecular weight is 264 g/mol. The largest absolute Gasteiger partial charge is 0.334 e. The van der Waals surface area contributed by atoms with E-state index < -0.39 is 0 Å². The van der Waals surface area contributed by atoms with Gasteiger partial charge in [0.05, 0.1) is 0 Å². The molecule has 1 unspecified atom stereocenters. The van der Waals surface area contributed by atoms with Crippen molar-refractivity contribution in [2.45, 2.75) is 23.8 Å². The van der Waals surface area contributed by atoms with Crippen LogP contribution >= 0.6 is 12.6 Å². The van der Waals surface area contributed by atoms with Gasteiger partial charge in [0.2, 0.25) is 0 Å². The van der Waals surface area contributed by atoms with Gasteiger partial charge in [-0.3, -0.25) is 4.79 Å². The lowest BCUT2D eigenvalue weighted by atomic mass is 10.1. The normalized spacial score (nSPS) is 19.6. The number of likely N-dealkylation sites (tertiary alicyclic amines) is 1. The average Bonchev–Trinajstić information content (AvgIpc) is 2.76. The van der Waals surface area contributed by atoms with Crippen molar-refractivity contribution < 1.29 is 4.79 Å². The topological polar surface area (TPSA) is 23.6 Å². The van der Waals surface area contributed by atoms with Crippen LogP contribution in [0.15, 0.2) is 29.2 Å². The number of benzene rings is 1. The SMILES string of the molecule is CN(C)CC1CCCN1C(=O)c1ccc(S)cc1. The molecule has 18 heavy (non-hydrogen) atoms. The zero-order valence-corrected chi connectivity index (χ0v) is 11.9. The Morgan fingerprint density at radius 3 is 2.67 bits per heavy atom. The third-order valence-electron chi connectivity index (χ3n) is 3.33. The molecule has 1 aromatic rings. The molecule has 0 spiro atoms. The van der Waals surface area contributed by atoms with Crippen molar-refractivity contribution in [2.75, 3.05) is 27.2 Å². The van der Waals surface area contributed by atoms with Gasteiger partial charge in [0.25, 0.3) is 5.91 Å². The van der Waals surface area contributed by atoms with Crippen molar-refractivity contribution in [1.29, 1.82) is 0 Å². The molecule has 0 N–H and O–H groups in total. The first-order valence-electron chi connectivity index (χ1n) is 6.32. The maximum atomic E-state index is 12.4.